The smallest absolute Gasteiger partial charge is 0.254 e. The normalized spacial score (nSPS) is 15.9. The van der Waals surface area contributed by atoms with Crippen LogP contribution in [0.2, 0.25) is 0 Å². The molecule has 1 fully saturated rings. The van der Waals surface area contributed by atoms with E-state index in [2.05, 4.69) is 5.32 Å². The van der Waals surface area contributed by atoms with Crippen molar-refractivity contribution >= 4 is 17.5 Å². The maximum atomic E-state index is 13.2. The largest absolute Gasteiger partial charge is 0.376 e. The standard InChI is InChI=1S/C24H30N2O3/c1-16-11-17(2)13-20(12-16)24(28)26(14-21-8-6-10-29-21)15-23(27)25-22-9-5-7-18(3)19(22)4/h5,7,9,11-13,21H,6,8,10,14-15H2,1-4H3,(H,25,27)/t21-/m1/s1. The highest BCUT2D eigenvalue weighted by Crippen LogP contribution is 2.19. The molecule has 1 N–H and O–H groups in total. The first-order chi connectivity index (χ1) is 13.8. The van der Waals surface area contributed by atoms with Crippen molar-refractivity contribution in [2.75, 3.05) is 25.0 Å². The fourth-order valence-corrected chi connectivity index (χ4v) is 3.78. The van der Waals surface area contributed by atoms with Gasteiger partial charge in [0.1, 0.15) is 6.54 Å². The van der Waals surface area contributed by atoms with Crippen LogP contribution in [-0.2, 0) is 9.53 Å². The maximum absolute atomic E-state index is 13.2. The third kappa shape index (κ3) is 5.45. The zero-order valence-electron chi connectivity index (χ0n) is 17.7. The lowest BCUT2D eigenvalue weighted by Crippen LogP contribution is -2.42. The topological polar surface area (TPSA) is 58.6 Å². The van der Waals surface area contributed by atoms with Gasteiger partial charge >= 0.3 is 0 Å². The van der Waals surface area contributed by atoms with Crippen LogP contribution < -0.4 is 5.32 Å². The molecule has 0 aliphatic carbocycles. The van der Waals surface area contributed by atoms with Crippen molar-refractivity contribution in [3.63, 3.8) is 0 Å². The van der Waals surface area contributed by atoms with Gasteiger partial charge in [0.25, 0.3) is 5.91 Å². The Morgan fingerprint density at radius 2 is 1.83 bits per heavy atom. The van der Waals surface area contributed by atoms with Crippen molar-refractivity contribution in [2.45, 2.75) is 46.6 Å². The van der Waals surface area contributed by atoms with E-state index in [1.165, 1.54) is 0 Å². The molecule has 0 unspecified atom stereocenters. The Morgan fingerprint density at radius 3 is 2.48 bits per heavy atom. The average Bonchev–Trinajstić information content (AvgIpc) is 3.16. The number of rotatable bonds is 6. The van der Waals surface area contributed by atoms with Crippen molar-refractivity contribution in [1.82, 2.24) is 4.90 Å². The fourth-order valence-electron chi connectivity index (χ4n) is 3.78. The average molecular weight is 395 g/mol. The molecule has 2 aromatic rings. The zero-order valence-corrected chi connectivity index (χ0v) is 17.7. The molecule has 0 bridgehead atoms. The lowest BCUT2D eigenvalue weighted by atomic mass is 10.1. The van der Waals surface area contributed by atoms with Crippen LogP contribution in [0.1, 0.15) is 45.5 Å². The van der Waals surface area contributed by atoms with Crippen LogP contribution in [0.25, 0.3) is 0 Å². The Balaban J connectivity index is 1.78. The highest BCUT2D eigenvalue weighted by atomic mass is 16.5. The quantitative estimate of drug-likeness (QED) is 0.800. The molecule has 154 valence electrons. The summed E-state index contributed by atoms with van der Waals surface area (Å²) >= 11 is 0. The minimum absolute atomic E-state index is 0.000928. The van der Waals surface area contributed by atoms with E-state index in [1.54, 1.807) is 4.90 Å². The number of nitrogens with one attached hydrogen (secondary N) is 1. The van der Waals surface area contributed by atoms with Crippen molar-refractivity contribution < 1.29 is 14.3 Å². The number of anilines is 1. The molecule has 3 rings (SSSR count). The molecule has 5 heteroatoms. The third-order valence-corrected chi connectivity index (χ3v) is 5.42. The summed E-state index contributed by atoms with van der Waals surface area (Å²) in [6.07, 6.45) is 1.89. The zero-order chi connectivity index (χ0) is 21.0. The van der Waals surface area contributed by atoms with E-state index >= 15 is 0 Å². The van der Waals surface area contributed by atoms with Gasteiger partial charge in [-0.05, 0) is 69.9 Å². The number of amides is 2. The molecular formula is C24H30N2O3. The Bertz CT molecular complexity index is 881. The summed E-state index contributed by atoms with van der Waals surface area (Å²) in [6.45, 7) is 9.08. The lowest BCUT2D eigenvalue weighted by Gasteiger charge is -2.25. The van der Waals surface area contributed by atoms with Crippen molar-refractivity contribution in [3.8, 4) is 0 Å². The van der Waals surface area contributed by atoms with Gasteiger partial charge in [0.05, 0.1) is 6.10 Å². The monoisotopic (exact) mass is 394 g/mol. The predicted octanol–water partition coefficient (Wildman–Crippen LogP) is 4.18. The molecular weight excluding hydrogens is 364 g/mol. The third-order valence-electron chi connectivity index (χ3n) is 5.42. The van der Waals surface area contributed by atoms with Gasteiger partial charge in [-0.3, -0.25) is 9.59 Å². The van der Waals surface area contributed by atoms with Crippen LogP contribution in [0.4, 0.5) is 5.69 Å². The van der Waals surface area contributed by atoms with E-state index in [0.717, 1.165) is 40.8 Å². The summed E-state index contributed by atoms with van der Waals surface area (Å²) in [7, 11) is 0. The molecule has 1 heterocycles. The molecule has 2 amide bonds. The summed E-state index contributed by atoms with van der Waals surface area (Å²) in [6, 6.07) is 11.6. The van der Waals surface area contributed by atoms with Gasteiger partial charge in [-0.25, -0.2) is 0 Å². The first kappa shape index (κ1) is 21.1. The molecule has 0 aromatic heterocycles. The van der Waals surface area contributed by atoms with Gasteiger partial charge in [0, 0.05) is 24.4 Å². The predicted molar refractivity (Wildman–Crippen MR) is 115 cm³/mol. The van der Waals surface area contributed by atoms with Crippen molar-refractivity contribution in [2.24, 2.45) is 0 Å². The molecule has 2 aromatic carbocycles. The van der Waals surface area contributed by atoms with Gasteiger partial charge in [-0.1, -0.05) is 29.3 Å². The van der Waals surface area contributed by atoms with Crippen molar-refractivity contribution in [1.29, 1.82) is 0 Å². The number of ether oxygens (including phenoxy) is 1. The molecule has 5 nitrogen and oxygen atoms in total. The van der Waals surface area contributed by atoms with Crippen LogP contribution in [0.5, 0.6) is 0 Å². The second-order valence-corrected chi connectivity index (χ2v) is 7.99. The summed E-state index contributed by atoms with van der Waals surface area (Å²) in [4.78, 5) is 27.6. The van der Waals surface area contributed by atoms with E-state index in [-0.39, 0.29) is 24.5 Å². The Labute approximate surface area is 173 Å². The van der Waals surface area contributed by atoms with Gasteiger partial charge in [-0.2, -0.15) is 0 Å². The number of nitrogens with zero attached hydrogens (tertiary/aromatic N) is 1. The number of carbonyl (C=O) groups excluding carboxylic acids is 2. The van der Waals surface area contributed by atoms with E-state index in [4.69, 9.17) is 4.74 Å². The minimum atomic E-state index is -0.200. The minimum Gasteiger partial charge on any atom is -0.376 e. The summed E-state index contributed by atoms with van der Waals surface area (Å²) < 4.78 is 5.73. The Morgan fingerprint density at radius 1 is 1.10 bits per heavy atom. The van der Waals surface area contributed by atoms with E-state index in [9.17, 15) is 9.59 Å². The number of hydrogen-bond acceptors (Lipinski definition) is 3. The maximum Gasteiger partial charge on any atom is 0.254 e. The van der Waals surface area contributed by atoms with Crippen LogP contribution in [-0.4, -0.2) is 42.5 Å². The van der Waals surface area contributed by atoms with Crippen LogP contribution >= 0.6 is 0 Å². The van der Waals surface area contributed by atoms with E-state index in [1.807, 2.05) is 64.1 Å². The van der Waals surface area contributed by atoms with E-state index in [0.29, 0.717) is 18.7 Å². The molecule has 1 aliphatic heterocycles. The van der Waals surface area contributed by atoms with E-state index < -0.39 is 0 Å². The highest BCUT2D eigenvalue weighted by Gasteiger charge is 2.25. The number of carbonyl (C=O) groups is 2. The SMILES string of the molecule is Cc1cc(C)cc(C(=O)N(CC(=O)Nc2cccc(C)c2C)C[C@H]2CCCO2)c1. The number of benzene rings is 2. The molecule has 1 atom stereocenters. The van der Waals surface area contributed by atoms with Crippen LogP contribution in [0, 0.1) is 27.7 Å². The first-order valence-electron chi connectivity index (χ1n) is 10.2. The van der Waals surface area contributed by atoms with Crippen molar-refractivity contribution in [3.05, 3.63) is 64.2 Å². The van der Waals surface area contributed by atoms with Crippen LogP contribution in [0.15, 0.2) is 36.4 Å². The first-order valence-corrected chi connectivity index (χ1v) is 10.2. The Hall–Kier alpha value is -2.66. The molecule has 1 saturated heterocycles. The summed E-state index contributed by atoms with van der Waals surface area (Å²) in [5.74, 6) is -0.335. The molecule has 29 heavy (non-hydrogen) atoms. The summed E-state index contributed by atoms with van der Waals surface area (Å²) in [5, 5.41) is 2.96. The molecule has 0 saturated carbocycles. The second kappa shape index (κ2) is 9.23. The van der Waals surface area contributed by atoms with Crippen LogP contribution in [0.3, 0.4) is 0 Å². The second-order valence-electron chi connectivity index (χ2n) is 7.99. The fraction of sp³-hybridized carbons (Fsp3) is 0.417. The molecule has 0 radical (unpaired) electrons. The highest BCUT2D eigenvalue weighted by molar-refractivity contribution is 5.99. The lowest BCUT2D eigenvalue weighted by molar-refractivity contribution is -0.117. The molecule has 0 spiro atoms. The number of hydrogen-bond donors (Lipinski definition) is 1. The van der Waals surface area contributed by atoms with Gasteiger partial charge in [0.15, 0.2) is 0 Å². The number of aryl methyl sites for hydroxylation is 3. The van der Waals surface area contributed by atoms with Gasteiger partial charge in [-0.15, -0.1) is 0 Å². The summed E-state index contributed by atoms with van der Waals surface area (Å²) in [5.41, 5.74) is 5.61. The van der Waals surface area contributed by atoms with Gasteiger partial charge < -0.3 is 15.0 Å². The molecule has 1 aliphatic rings. The Kier molecular flexibility index (Phi) is 6.70. The van der Waals surface area contributed by atoms with Gasteiger partial charge in [0.2, 0.25) is 5.91 Å².